The van der Waals surface area contributed by atoms with Crippen LogP contribution in [-0.4, -0.2) is 58.1 Å². The van der Waals surface area contributed by atoms with E-state index in [0.717, 1.165) is 5.56 Å². The second-order valence-electron chi connectivity index (χ2n) is 10.5. The molecule has 39 heavy (non-hydrogen) atoms. The molecule has 10 heteroatoms. The molecule has 0 aromatic heterocycles. The summed E-state index contributed by atoms with van der Waals surface area (Å²) < 4.78 is 0. The first kappa shape index (κ1) is 31.3. The zero-order valence-corrected chi connectivity index (χ0v) is 22.9. The highest BCUT2D eigenvalue weighted by molar-refractivity contribution is 5.94. The number of carbonyl (C=O) groups excluding carboxylic acids is 3. The molecule has 10 nitrogen and oxygen atoms in total. The van der Waals surface area contributed by atoms with Gasteiger partial charge in [-0.2, -0.15) is 0 Å². The summed E-state index contributed by atoms with van der Waals surface area (Å²) in [7, 11) is 0. The molecular weight excluding hydrogens is 500 g/mol. The number of aliphatic carboxylic acids is 1. The minimum absolute atomic E-state index is 0.00664. The van der Waals surface area contributed by atoms with Gasteiger partial charge in [-0.25, -0.2) is 4.79 Å². The number of aromatic hydroxyl groups is 1. The zero-order chi connectivity index (χ0) is 29.1. The fourth-order valence-electron chi connectivity index (χ4n) is 3.94. The number of nitrogens with one attached hydrogen (secondary N) is 3. The van der Waals surface area contributed by atoms with Crippen LogP contribution < -0.4 is 21.7 Å². The molecule has 0 heterocycles. The predicted octanol–water partition coefficient (Wildman–Crippen LogP) is 1.75. The van der Waals surface area contributed by atoms with Crippen LogP contribution >= 0.6 is 0 Å². The number of carboxylic acid groups (broad SMARTS) is 1. The van der Waals surface area contributed by atoms with E-state index < -0.39 is 47.9 Å². The second kappa shape index (κ2) is 14.9. The summed E-state index contributed by atoms with van der Waals surface area (Å²) in [5.74, 6) is -3.07. The van der Waals surface area contributed by atoms with E-state index in [1.54, 1.807) is 26.0 Å². The molecule has 2 rings (SSSR count). The Balaban J connectivity index is 2.33. The molecule has 212 valence electrons. The third-order valence-corrected chi connectivity index (χ3v) is 6.27. The SMILES string of the molecule is CC(C)CC(NC(=O)C(Cc1ccc(O)cc1)NC(=O)C(Cc1ccccc1)NC(=O)C(N)C(C)C)C(=O)O. The standard InChI is InChI=1S/C29H40N4O6/c1-17(2)14-24(29(38)39)33-27(36)22(16-20-10-12-21(34)13-11-20)31-26(35)23(15-19-8-6-5-7-9-19)32-28(37)25(30)18(3)4/h5-13,17-18,22-25,34H,14-16,30H2,1-4H3,(H,31,35)(H,32,37)(H,33,36)(H,38,39). The average molecular weight is 541 g/mol. The lowest BCUT2D eigenvalue weighted by Crippen LogP contribution is -2.58. The average Bonchev–Trinajstić information content (AvgIpc) is 2.88. The van der Waals surface area contributed by atoms with E-state index in [2.05, 4.69) is 16.0 Å². The van der Waals surface area contributed by atoms with Crippen molar-refractivity contribution in [1.82, 2.24) is 16.0 Å². The van der Waals surface area contributed by atoms with Crippen LogP contribution in [0.15, 0.2) is 54.6 Å². The van der Waals surface area contributed by atoms with Crippen LogP contribution in [0.2, 0.25) is 0 Å². The maximum absolute atomic E-state index is 13.5. The van der Waals surface area contributed by atoms with E-state index in [9.17, 15) is 29.4 Å². The first-order chi connectivity index (χ1) is 18.4. The maximum Gasteiger partial charge on any atom is 0.326 e. The Hall–Kier alpha value is -3.92. The van der Waals surface area contributed by atoms with Gasteiger partial charge in [-0.1, -0.05) is 70.2 Å². The Kier molecular flexibility index (Phi) is 11.9. The molecule has 0 aliphatic carbocycles. The number of phenols is 1. The summed E-state index contributed by atoms with van der Waals surface area (Å²) in [4.78, 5) is 51.4. The highest BCUT2D eigenvalue weighted by Gasteiger charge is 2.31. The third-order valence-electron chi connectivity index (χ3n) is 6.27. The smallest absolute Gasteiger partial charge is 0.326 e. The molecule has 0 saturated heterocycles. The number of nitrogens with two attached hydrogens (primary N) is 1. The lowest BCUT2D eigenvalue weighted by molar-refractivity contribution is -0.142. The number of hydrogen-bond acceptors (Lipinski definition) is 6. The number of carbonyl (C=O) groups is 4. The van der Waals surface area contributed by atoms with Crippen molar-refractivity contribution in [2.45, 2.75) is 71.1 Å². The van der Waals surface area contributed by atoms with Crippen LogP contribution in [0.5, 0.6) is 5.75 Å². The topological polar surface area (TPSA) is 171 Å². The van der Waals surface area contributed by atoms with Crippen LogP contribution in [0, 0.1) is 11.8 Å². The Labute approximate surface area is 229 Å². The van der Waals surface area contributed by atoms with E-state index in [4.69, 9.17) is 5.73 Å². The van der Waals surface area contributed by atoms with Crippen molar-refractivity contribution in [1.29, 1.82) is 0 Å². The Morgan fingerprint density at radius 3 is 1.64 bits per heavy atom. The van der Waals surface area contributed by atoms with Crippen molar-refractivity contribution in [2.24, 2.45) is 17.6 Å². The van der Waals surface area contributed by atoms with Crippen LogP contribution in [0.25, 0.3) is 0 Å². The van der Waals surface area contributed by atoms with Gasteiger partial charge >= 0.3 is 5.97 Å². The monoisotopic (exact) mass is 540 g/mol. The van der Waals surface area contributed by atoms with E-state index in [0.29, 0.717) is 5.56 Å². The lowest BCUT2D eigenvalue weighted by atomic mass is 10.00. The molecule has 0 bridgehead atoms. The number of benzene rings is 2. The fourth-order valence-corrected chi connectivity index (χ4v) is 3.94. The molecule has 2 aromatic rings. The van der Waals surface area contributed by atoms with Crippen LogP contribution in [0.4, 0.5) is 0 Å². The molecule has 0 saturated carbocycles. The van der Waals surface area contributed by atoms with Gasteiger partial charge in [0, 0.05) is 12.8 Å². The molecule has 3 amide bonds. The Morgan fingerprint density at radius 2 is 1.18 bits per heavy atom. The van der Waals surface area contributed by atoms with Gasteiger partial charge in [0.25, 0.3) is 0 Å². The number of rotatable bonds is 14. The maximum atomic E-state index is 13.5. The summed E-state index contributed by atoms with van der Waals surface area (Å²) in [5.41, 5.74) is 7.43. The largest absolute Gasteiger partial charge is 0.508 e. The first-order valence-electron chi connectivity index (χ1n) is 13.1. The second-order valence-corrected chi connectivity index (χ2v) is 10.5. The summed E-state index contributed by atoms with van der Waals surface area (Å²) >= 11 is 0. The summed E-state index contributed by atoms with van der Waals surface area (Å²) in [6.07, 6.45) is 0.395. The summed E-state index contributed by atoms with van der Waals surface area (Å²) in [5, 5.41) is 27.2. The predicted molar refractivity (Wildman–Crippen MR) is 148 cm³/mol. The number of amides is 3. The normalized spacial score (nSPS) is 14.2. The molecule has 4 atom stereocenters. The van der Waals surface area contributed by atoms with E-state index in [1.807, 2.05) is 44.2 Å². The molecule has 7 N–H and O–H groups in total. The summed E-state index contributed by atoms with van der Waals surface area (Å²) in [6, 6.07) is 11.1. The van der Waals surface area contributed by atoms with E-state index in [-0.39, 0.29) is 36.8 Å². The first-order valence-corrected chi connectivity index (χ1v) is 13.1. The number of carboxylic acids is 1. The van der Waals surface area contributed by atoms with Crippen LogP contribution in [0.3, 0.4) is 0 Å². The minimum atomic E-state index is -1.18. The van der Waals surface area contributed by atoms with Gasteiger partial charge in [0.2, 0.25) is 17.7 Å². The Bertz CT molecular complexity index is 1100. The zero-order valence-electron chi connectivity index (χ0n) is 22.9. The van der Waals surface area contributed by atoms with Crippen LogP contribution in [0.1, 0.15) is 45.2 Å². The molecule has 0 spiro atoms. The minimum Gasteiger partial charge on any atom is -0.508 e. The van der Waals surface area contributed by atoms with Crippen molar-refractivity contribution in [3.63, 3.8) is 0 Å². The highest BCUT2D eigenvalue weighted by Crippen LogP contribution is 2.13. The van der Waals surface area contributed by atoms with Crippen molar-refractivity contribution in [3.05, 3.63) is 65.7 Å². The summed E-state index contributed by atoms with van der Waals surface area (Å²) in [6.45, 7) is 7.28. The van der Waals surface area contributed by atoms with Crippen molar-refractivity contribution in [2.75, 3.05) is 0 Å². The van der Waals surface area contributed by atoms with Gasteiger partial charge in [-0.15, -0.1) is 0 Å². The molecule has 4 unspecified atom stereocenters. The quantitative estimate of drug-likeness (QED) is 0.212. The highest BCUT2D eigenvalue weighted by atomic mass is 16.4. The van der Waals surface area contributed by atoms with Gasteiger partial charge in [0.05, 0.1) is 6.04 Å². The van der Waals surface area contributed by atoms with Crippen LogP contribution in [-0.2, 0) is 32.0 Å². The van der Waals surface area contributed by atoms with Crippen molar-refractivity contribution >= 4 is 23.7 Å². The molecule has 0 fully saturated rings. The van der Waals surface area contributed by atoms with E-state index in [1.165, 1.54) is 12.1 Å². The number of phenolic OH excluding ortho intramolecular Hbond substituents is 1. The third kappa shape index (κ3) is 10.4. The van der Waals surface area contributed by atoms with Gasteiger partial charge in [-0.3, -0.25) is 14.4 Å². The van der Waals surface area contributed by atoms with Gasteiger partial charge in [0.1, 0.15) is 23.9 Å². The van der Waals surface area contributed by atoms with Crippen molar-refractivity contribution < 1.29 is 29.4 Å². The molecule has 0 aliphatic heterocycles. The van der Waals surface area contributed by atoms with Gasteiger partial charge in [-0.05, 0) is 41.5 Å². The lowest BCUT2D eigenvalue weighted by Gasteiger charge is -2.26. The number of hydrogen-bond donors (Lipinski definition) is 6. The van der Waals surface area contributed by atoms with Crippen molar-refractivity contribution in [3.8, 4) is 5.75 Å². The van der Waals surface area contributed by atoms with Gasteiger partial charge < -0.3 is 31.9 Å². The molecule has 2 aromatic carbocycles. The molecule has 0 aliphatic rings. The molecular formula is C29H40N4O6. The Morgan fingerprint density at radius 1 is 0.718 bits per heavy atom. The van der Waals surface area contributed by atoms with E-state index >= 15 is 0 Å². The fraction of sp³-hybridized carbons (Fsp3) is 0.448. The molecule has 0 radical (unpaired) electrons. The van der Waals surface area contributed by atoms with Gasteiger partial charge in [0.15, 0.2) is 0 Å².